The van der Waals surface area contributed by atoms with Crippen molar-refractivity contribution in [2.75, 3.05) is 19.6 Å². The second-order valence-corrected chi connectivity index (χ2v) is 7.84. The molecule has 0 saturated carbocycles. The smallest absolute Gasteiger partial charge is 0.264 e. The number of likely N-dealkylation sites (tertiary alicyclic amines) is 1. The Bertz CT molecular complexity index is 899. The van der Waals surface area contributed by atoms with Crippen molar-refractivity contribution < 1.29 is 9.59 Å². The Balaban J connectivity index is 1.51. The standard InChI is InChI=1S/C19H25N5O3S/c1-3-5-15-16(28-22-21-15)17(25)20-12-13-7-10-24(11-8-13)19(27)14-6-4-9-23(2)18(14)26/h4,6,9,13H,3,5,7-8,10-12H2,1-2H3,(H,20,25). The molecule has 0 unspecified atom stereocenters. The van der Waals surface area contributed by atoms with Gasteiger partial charge >= 0.3 is 0 Å². The van der Waals surface area contributed by atoms with E-state index in [0.717, 1.165) is 42.9 Å². The zero-order valence-corrected chi connectivity index (χ0v) is 17.0. The van der Waals surface area contributed by atoms with Crippen molar-refractivity contribution in [2.24, 2.45) is 13.0 Å². The van der Waals surface area contributed by atoms with Gasteiger partial charge in [0.25, 0.3) is 17.4 Å². The van der Waals surface area contributed by atoms with Gasteiger partial charge in [-0.25, -0.2) is 0 Å². The molecular weight excluding hydrogens is 378 g/mol. The first-order valence-electron chi connectivity index (χ1n) is 9.55. The summed E-state index contributed by atoms with van der Waals surface area (Å²) in [4.78, 5) is 39.5. The third-order valence-corrected chi connectivity index (χ3v) is 5.82. The van der Waals surface area contributed by atoms with Gasteiger partial charge in [-0.2, -0.15) is 0 Å². The molecule has 150 valence electrons. The van der Waals surface area contributed by atoms with Crippen LogP contribution in [0.15, 0.2) is 23.1 Å². The van der Waals surface area contributed by atoms with Crippen LogP contribution in [0.4, 0.5) is 0 Å². The van der Waals surface area contributed by atoms with Crippen molar-refractivity contribution in [1.29, 1.82) is 0 Å². The van der Waals surface area contributed by atoms with E-state index in [0.29, 0.717) is 30.4 Å². The van der Waals surface area contributed by atoms with Crippen LogP contribution in [0.2, 0.25) is 0 Å². The topological polar surface area (TPSA) is 97.2 Å². The summed E-state index contributed by atoms with van der Waals surface area (Å²) >= 11 is 1.13. The summed E-state index contributed by atoms with van der Waals surface area (Å²) in [6.07, 6.45) is 4.89. The maximum atomic E-state index is 12.6. The maximum absolute atomic E-state index is 12.6. The lowest BCUT2D eigenvalue weighted by Crippen LogP contribution is -2.43. The van der Waals surface area contributed by atoms with Crippen LogP contribution in [0, 0.1) is 5.92 Å². The molecule has 2 aromatic rings. The lowest BCUT2D eigenvalue weighted by molar-refractivity contribution is 0.0682. The van der Waals surface area contributed by atoms with Gasteiger partial charge in [-0.1, -0.05) is 17.8 Å². The zero-order chi connectivity index (χ0) is 20.1. The molecule has 8 nitrogen and oxygen atoms in total. The fourth-order valence-electron chi connectivity index (χ4n) is 3.37. The van der Waals surface area contributed by atoms with E-state index in [1.54, 1.807) is 30.3 Å². The first-order valence-corrected chi connectivity index (χ1v) is 10.3. The normalized spacial score (nSPS) is 14.9. The van der Waals surface area contributed by atoms with E-state index < -0.39 is 0 Å². The van der Waals surface area contributed by atoms with E-state index in [4.69, 9.17) is 0 Å². The Kier molecular flexibility index (Phi) is 6.56. The second-order valence-electron chi connectivity index (χ2n) is 7.08. The van der Waals surface area contributed by atoms with E-state index >= 15 is 0 Å². The van der Waals surface area contributed by atoms with Crippen molar-refractivity contribution in [3.63, 3.8) is 0 Å². The Hall–Kier alpha value is -2.55. The number of hydrogen-bond acceptors (Lipinski definition) is 6. The summed E-state index contributed by atoms with van der Waals surface area (Å²) in [6.45, 7) is 3.78. The highest BCUT2D eigenvalue weighted by Gasteiger charge is 2.26. The highest BCUT2D eigenvalue weighted by molar-refractivity contribution is 7.08. The fraction of sp³-hybridized carbons (Fsp3) is 0.526. The Morgan fingerprint density at radius 1 is 1.32 bits per heavy atom. The van der Waals surface area contributed by atoms with Crippen molar-refractivity contribution in [1.82, 2.24) is 24.4 Å². The van der Waals surface area contributed by atoms with E-state index in [-0.39, 0.29) is 22.9 Å². The number of nitrogens with one attached hydrogen (secondary N) is 1. The molecule has 0 atom stereocenters. The molecule has 0 aromatic carbocycles. The molecule has 1 aliphatic heterocycles. The number of aromatic nitrogens is 3. The van der Waals surface area contributed by atoms with Crippen LogP contribution in [-0.2, 0) is 13.5 Å². The molecule has 28 heavy (non-hydrogen) atoms. The van der Waals surface area contributed by atoms with E-state index in [1.165, 1.54) is 4.57 Å². The quantitative estimate of drug-likeness (QED) is 0.788. The van der Waals surface area contributed by atoms with E-state index in [2.05, 4.69) is 14.9 Å². The van der Waals surface area contributed by atoms with Gasteiger partial charge in [0, 0.05) is 32.9 Å². The van der Waals surface area contributed by atoms with Crippen molar-refractivity contribution in [3.05, 3.63) is 44.8 Å². The highest BCUT2D eigenvalue weighted by atomic mass is 32.1. The van der Waals surface area contributed by atoms with Crippen LogP contribution < -0.4 is 10.9 Å². The Morgan fingerprint density at radius 2 is 2.07 bits per heavy atom. The first-order chi connectivity index (χ1) is 13.5. The molecule has 1 aliphatic rings. The molecule has 3 rings (SSSR count). The van der Waals surface area contributed by atoms with Gasteiger partial charge in [0.2, 0.25) is 0 Å². The molecule has 2 aromatic heterocycles. The summed E-state index contributed by atoms with van der Waals surface area (Å²) in [5, 5.41) is 7.01. The molecule has 1 saturated heterocycles. The summed E-state index contributed by atoms with van der Waals surface area (Å²) in [5.74, 6) is -0.0320. The summed E-state index contributed by atoms with van der Waals surface area (Å²) in [5.41, 5.74) is 0.690. The van der Waals surface area contributed by atoms with Crippen LogP contribution in [0.1, 0.15) is 51.9 Å². The lowest BCUT2D eigenvalue weighted by Gasteiger charge is -2.32. The number of rotatable bonds is 6. The minimum atomic E-state index is -0.275. The summed E-state index contributed by atoms with van der Waals surface area (Å²) < 4.78 is 5.30. The third-order valence-electron chi connectivity index (χ3n) is 5.06. The van der Waals surface area contributed by atoms with Crippen molar-refractivity contribution in [3.8, 4) is 0 Å². The minimum absolute atomic E-state index is 0.121. The predicted molar refractivity (Wildman–Crippen MR) is 107 cm³/mol. The molecule has 3 heterocycles. The average Bonchev–Trinajstić information content (AvgIpc) is 3.17. The second kappa shape index (κ2) is 9.09. The van der Waals surface area contributed by atoms with Crippen LogP contribution in [0.25, 0.3) is 0 Å². The third kappa shape index (κ3) is 4.46. The number of nitrogens with zero attached hydrogens (tertiary/aromatic N) is 4. The number of amides is 2. The lowest BCUT2D eigenvalue weighted by atomic mass is 9.96. The molecule has 0 bridgehead atoms. The maximum Gasteiger partial charge on any atom is 0.264 e. The van der Waals surface area contributed by atoms with Crippen LogP contribution >= 0.6 is 11.5 Å². The van der Waals surface area contributed by atoms with Gasteiger partial charge in [0.1, 0.15) is 10.4 Å². The van der Waals surface area contributed by atoms with Gasteiger partial charge in [-0.3, -0.25) is 14.4 Å². The number of aryl methyl sites for hydroxylation is 2. The number of piperidine rings is 1. The molecular formula is C19H25N5O3S. The number of pyridine rings is 1. The van der Waals surface area contributed by atoms with E-state index in [9.17, 15) is 14.4 Å². The monoisotopic (exact) mass is 403 g/mol. The SMILES string of the molecule is CCCc1nnsc1C(=O)NCC1CCN(C(=O)c2cccn(C)c2=O)CC1. The number of carbonyl (C=O) groups excluding carboxylic acids is 2. The molecule has 0 aliphatic carbocycles. The van der Waals surface area contributed by atoms with Crippen molar-refractivity contribution >= 4 is 23.3 Å². The molecule has 0 spiro atoms. The van der Waals surface area contributed by atoms with Gasteiger partial charge in [-0.05, 0) is 48.8 Å². The summed E-state index contributed by atoms with van der Waals surface area (Å²) in [7, 11) is 1.64. The highest BCUT2D eigenvalue weighted by Crippen LogP contribution is 2.19. The zero-order valence-electron chi connectivity index (χ0n) is 16.2. The molecule has 2 amide bonds. The van der Waals surface area contributed by atoms with Gasteiger partial charge in [-0.15, -0.1) is 5.10 Å². The predicted octanol–water partition coefficient (Wildman–Crippen LogP) is 1.47. The Morgan fingerprint density at radius 3 is 2.79 bits per heavy atom. The van der Waals surface area contributed by atoms with Gasteiger partial charge < -0.3 is 14.8 Å². The van der Waals surface area contributed by atoms with Crippen LogP contribution in [-0.4, -0.2) is 50.5 Å². The van der Waals surface area contributed by atoms with Gasteiger partial charge in [0.15, 0.2) is 0 Å². The Labute approximate surface area is 167 Å². The molecule has 1 fully saturated rings. The number of hydrogen-bond donors (Lipinski definition) is 1. The average molecular weight is 404 g/mol. The van der Waals surface area contributed by atoms with E-state index in [1.807, 2.05) is 6.92 Å². The first kappa shape index (κ1) is 20.2. The molecule has 9 heteroatoms. The van der Waals surface area contributed by atoms with Crippen LogP contribution in [0.5, 0.6) is 0 Å². The van der Waals surface area contributed by atoms with Gasteiger partial charge in [0.05, 0.1) is 5.69 Å². The molecule has 1 N–H and O–H groups in total. The largest absolute Gasteiger partial charge is 0.351 e. The molecule has 0 radical (unpaired) electrons. The van der Waals surface area contributed by atoms with Crippen LogP contribution in [0.3, 0.4) is 0 Å². The number of carbonyl (C=O) groups is 2. The summed E-state index contributed by atoms with van der Waals surface area (Å²) in [6, 6.07) is 3.28. The minimum Gasteiger partial charge on any atom is -0.351 e. The van der Waals surface area contributed by atoms with Crippen molar-refractivity contribution in [2.45, 2.75) is 32.6 Å². The fourth-order valence-corrected chi connectivity index (χ4v) is 3.99.